The first kappa shape index (κ1) is 15.6. The van der Waals surface area contributed by atoms with E-state index >= 15 is 0 Å². The van der Waals surface area contributed by atoms with E-state index in [9.17, 15) is 9.18 Å². The maximum Gasteiger partial charge on any atom is 0.328 e. The lowest BCUT2D eigenvalue weighted by molar-refractivity contribution is -0.131. The summed E-state index contributed by atoms with van der Waals surface area (Å²) in [7, 11) is 1.52. The van der Waals surface area contributed by atoms with Crippen molar-refractivity contribution in [1.82, 2.24) is 0 Å². The van der Waals surface area contributed by atoms with Gasteiger partial charge in [-0.05, 0) is 24.3 Å². The highest BCUT2D eigenvalue weighted by molar-refractivity contribution is 5.86. The lowest BCUT2D eigenvalue weighted by Crippen LogP contribution is -2.00. The minimum atomic E-state index is -1.06. The molecule has 0 aliphatic heterocycles. The number of halogens is 1. The Kier molecular flexibility index (Phi) is 5.14. The molecule has 22 heavy (non-hydrogen) atoms. The predicted octanol–water partition coefficient (Wildman–Crippen LogP) is 3.51. The van der Waals surface area contributed by atoms with E-state index in [1.54, 1.807) is 36.4 Å². The molecule has 5 heteroatoms. The first-order valence-corrected chi connectivity index (χ1v) is 6.55. The van der Waals surface area contributed by atoms with Gasteiger partial charge in [0, 0.05) is 23.3 Å². The van der Waals surface area contributed by atoms with Gasteiger partial charge in [-0.15, -0.1) is 0 Å². The smallest absolute Gasteiger partial charge is 0.328 e. The van der Waals surface area contributed by atoms with Crippen molar-refractivity contribution in [2.45, 2.75) is 6.61 Å². The number of aliphatic carboxylic acids is 1. The molecule has 0 bridgehead atoms. The summed E-state index contributed by atoms with van der Waals surface area (Å²) in [6, 6.07) is 11.3. The fraction of sp³-hybridized carbons (Fsp3) is 0.118. The third kappa shape index (κ3) is 4.09. The number of carbonyl (C=O) groups is 1. The highest BCUT2D eigenvalue weighted by atomic mass is 19.1. The second-order valence-electron chi connectivity index (χ2n) is 4.46. The molecule has 0 radical (unpaired) electrons. The Morgan fingerprint density at radius 1 is 1.27 bits per heavy atom. The molecule has 0 amide bonds. The zero-order valence-corrected chi connectivity index (χ0v) is 12.0. The molecule has 0 saturated heterocycles. The van der Waals surface area contributed by atoms with Gasteiger partial charge < -0.3 is 14.6 Å². The summed E-state index contributed by atoms with van der Waals surface area (Å²) in [5, 5.41) is 8.71. The zero-order valence-electron chi connectivity index (χ0n) is 12.0. The predicted molar refractivity (Wildman–Crippen MR) is 80.4 cm³/mol. The summed E-state index contributed by atoms with van der Waals surface area (Å²) in [4.78, 5) is 10.6. The largest absolute Gasteiger partial charge is 0.497 e. The van der Waals surface area contributed by atoms with E-state index in [1.165, 1.54) is 19.3 Å². The van der Waals surface area contributed by atoms with Crippen LogP contribution in [0.5, 0.6) is 11.5 Å². The molecule has 0 aliphatic carbocycles. The van der Waals surface area contributed by atoms with Gasteiger partial charge in [-0.2, -0.15) is 0 Å². The van der Waals surface area contributed by atoms with E-state index in [0.717, 1.165) is 6.08 Å². The number of rotatable bonds is 6. The van der Waals surface area contributed by atoms with Crippen molar-refractivity contribution < 1.29 is 23.8 Å². The Labute approximate surface area is 127 Å². The standard InChI is InChI=1S/C17H15FO4/c1-21-14-8-6-12(7-9-17(19)20)16(10-14)22-11-13-4-2-3-5-15(13)18/h2-10H,11H2,1H3,(H,19,20). The number of hydrogen-bond donors (Lipinski definition) is 1. The average Bonchev–Trinajstić information content (AvgIpc) is 2.52. The van der Waals surface area contributed by atoms with Crippen molar-refractivity contribution >= 4 is 12.0 Å². The second kappa shape index (κ2) is 7.26. The Bertz CT molecular complexity index is 695. The third-order valence-corrected chi connectivity index (χ3v) is 2.97. The minimum Gasteiger partial charge on any atom is -0.497 e. The van der Waals surface area contributed by atoms with Crippen molar-refractivity contribution in [1.29, 1.82) is 0 Å². The monoisotopic (exact) mass is 302 g/mol. The van der Waals surface area contributed by atoms with E-state index < -0.39 is 5.97 Å². The summed E-state index contributed by atoms with van der Waals surface area (Å²) < 4.78 is 24.3. The van der Waals surface area contributed by atoms with Crippen LogP contribution < -0.4 is 9.47 Å². The number of carboxylic acids is 1. The maximum absolute atomic E-state index is 13.6. The van der Waals surface area contributed by atoms with Crippen molar-refractivity contribution in [3.05, 3.63) is 65.5 Å². The number of ether oxygens (including phenoxy) is 2. The normalized spacial score (nSPS) is 10.6. The molecule has 0 saturated carbocycles. The van der Waals surface area contributed by atoms with Crippen LogP contribution in [0.2, 0.25) is 0 Å². The molecule has 0 heterocycles. The molecule has 0 aromatic heterocycles. The Morgan fingerprint density at radius 2 is 2.05 bits per heavy atom. The molecular formula is C17H15FO4. The molecule has 2 aromatic carbocycles. The molecule has 2 rings (SSSR count). The van der Waals surface area contributed by atoms with E-state index in [-0.39, 0.29) is 12.4 Å². The average molecular weight is 302 g/mol. The molecule has 2 aromatic rings. The lowest BCUT2D eigenvalue weighted by atomic mass is 10.1. The van der Waals surface area contributed by atoms with Gasteiger partial charge in [0.15, 0.2) is 0 Å². The lowest BCUT2D eigenvalue weighted by Gasteiger charge is -2.11. The van der Waals surface area contributed by atoms with Crippen LogP contribution in [0.25, 0.3) is 6.08 Å². The quantitative estimate of drug-likeness (QED) is 0.830. The van der Waals surface area contributed by atoms with Crippen LogP contribution in [-0.4, -0.2) is 18.2 Å². The van der Waals surface area contributed by atoms with Crippen molar-refractivity contribution in [3.8, 4) is 11.5 Å². The van der Waals surface area contributed by atoms with Crippen molar-refractivity contribution in [2.24, 2.45) is 0 Å². The summed E-state index contributed by atoms with van der Waals surface area (Å²) in [5.41, 5.74) is 0.984. The van der Waals surface area contributed by atoms with Crippen LogP contribution in [0.4, 0.5) is 4.39 Å². The fourth-order valence-electron chi connectivity index (χ4n) is 1.84. The van der Waals surface area contributed by atoms with Crippen LogP contribution in [0, 0.1) is 5.82 Å². The van der Waals surface area contributed by atoms with Crippen LogP contribution in [0.15, 0.2) is 48.5 Å². The molecule has 0 spiro atoms. The van der Waals surface area contributed by atoms with Gasteiger partial charge >= 0.3 is 5.97 Å². The van der Waals surface area contributed by atoms with Gasteiger partial charge in [-0.25, -0.2) is 9.18 Å². The summed E-state index contributed by atoms with van der Waals surface area (Å²) in [6.45, 7) is 0.0355. The molecule has 4 nitrogen and oxygen atoms in total. The van der Waals surface area contributed by atoms with Crippen LogP contribution >= 0.6 is 0 Å². The summed E-state index contributed by atoms with van der Waals surface area (Å²) in [6.07, 6.45) is 2.43. The fourth-order valence-corrected chi connectivity index (χ4v) is 1.84. The molecule has 0 aliphatic rings. The first-order valence-electron chi connectivity index (χ1n) is 6.55. The number of carboxylic acid groups (broad SMARTS) is 1. The molecule has 114 valence electrons. The van der Waals surface area contributed by atoms with Gasteiger partial charge in [0.05, 0.1) is 7.11 Å². The van der Waals surface area contributed by atoms with E-state index in [0.29, 0.717) is 22.6 Å². The molecule has 0 fully saturated rings. The topological polar surface area (TPSA) is 55.8 Å². The van der Waals surface area contributed by atoms with Gasteiger partial charge in [-0.1, -0.05) is 18.2 Å². The maximum atomic E-state index is 13.6. The number of hydrogen-bond acceptors (Lipinski definition) is 3. The van der Waals surface area contributed by atoms with Crippen LogP contribution in [-0.2, 0) is 11.4 Å². The van der Waals surface area contributed by atoms with Crippen molar-refractivity contribution in [3.63, 3.8) is 0 Å². The van der Waals surface area contributed by atoms with E-state index in [1.807, 2.05) is 0 Å². The van der Waals surface area contributed by atoms with Crippen molar-refractivity contribution in [2.75, 3.05) is 7.11 Å². The van der Waals surface area contributed by atoms with Gasteiger partial charge in [-0.3, -0.25) is 0 Å². The second-order valence-corrected chi connectivity index (χ2v) is 4.46. The number of benzene rings is 2. The van der Waals surface area contributed by atoms with Gasteiger partial charge in [0.2, 0.25) is 0 Å². The van der Waals surface area contributed by atoms with Crippen LogP contribution in [0.1, 0.15) is 11.1 Å². The molecule has 0 unspecified atom stereocenters. The highest BCUT2D eigenvalue weighted by Crippen LogP contribution is 2.27. The first-order chi connectivity index (χ1) is 10.6. The highest BCUT2D eigenvalue weighted by Gasteiger charge is 2.07. The van der Waals surface area contributed by atoms with Gasteiger partial charge in [0.1, 0.15) is 23.9 Å². The van der Waals surface area contributed by atoms with Crippen LogP contribution in [0.3, 0.4) is 0 Å². The SMILES string of the molecule is COc1ccc(C=CC(=O)O)c(OCc2ccccc2F)c1. The van der Waals surface area contributed by atoms with E-state index in [2.05, 4.69) is 0 Å². The number of methoxy groups -OCH3 is 1. The molecule has 0 atom stereocenters. The Hall–Kier alpha value is -2.82. The minimum absolute atomic E-state index is 0.0355. The molecule has 1 N–H and O–H groups in total. The Morgan fingerprint density at radius 3 is 2.73 bits per heavy atom. The zero-order chi connectivity index (χ0) is 15.9. The third-order valence-electron chi connectivity index (χ3n) is 2.97. The van der Waals surface area contributed by atoms with Gasteiger partial charge in [0.25, 0.3) is 0 Å². The Balaban J connectivity index is 2.23. The summed E-state index contributed by atoms with van der Waals surface area (Å²) in [5.74, 6) is -0.431. The summed E-state index contributed by atoms with van der Waals surface area (Å²) >= 11 is 0. The van der Waals surface area contributed by atoms with E-state index in [4.69, 9.17) is 14.6 Å². The molecular weight excluding hydrogens is 287 g/mol.